The molecule has 0 unspecified atom stereocenters. The molecule has 0 radical (unpaired) electrons. The fourth-order valence-corrected chi connectivity index (χ4v) is 3.40. The molecule has 0 fully saturated rings. The van der Waals surface area contributed by atoms with Gasteiger partial charge in [-0.3, -0.25) is 10.0 Å². The number of anilines is 1. The normalized spacial score (nSPS) is 14.1. The van der Waals surface area contributed by atoms with Crippen LogP contribution in [0.1, 0.15) is 37.8 Å². The van der Waals surface area contributed by atoms with Gasteiger partial charge in [0.2, 0.25) is 0 Å². The number of ether oxygens (including phenoxy) is 1. The van der Waals surface area contributed by atoms with E-state index in [1.807, 2.05) is 49.5 Å². The van der Waals surface area contributed by atoms with Gasteiger partial charge in [-0.25, -0.2) is 0 Å². The van der Waals surface area contributed by atoms with Crippen molar-refractivity contribution in [3.8, 4) is 0 Å². The number of allylic oxidation sites excluding steroid dienone is 3. The zero-order valence-electron chi connectivity index (χ0n) is 20.4. The van der Waals surface area contributed by atoms with E-state index in [2.05, 4.69) is 54.8 Å². The monoisotopic (exact) mass is 454 g/mol. The summed E-state index contributed by atoms with van der Waals surface area (Å²) in [4.78, 5) is 4.78. The van der Waals surface area contributed by atoms with Crippen molar-refractivity contribution in [2.75, 3.05) is 25.5 Å². The maximum absolute atomic E-state index is 5.63. The molecule has 0 spiro atoms. The lowest BCUT2D eigenvalue weighted by molar-refractivity contribution is 0.248. The molecule has 3 rings (SSSR count). The van der Waals surface area contributed by atoms with Gasteiger partial charge in [-0.15, -0.1) is 0 Å². The minimum absolute atomic E-state index is 0.458. The number of methoxy groups -OCH3 is 1. The van der Waals surface area contributed by atoms with E-state index >= 15 is 0 Å². The van der Waals surface area contributed by atoms with Gasteiger partial charge in [0.1, 0.15) is 5.76 Å². The summed E-state index contributed by atoms with van der Waals surface area (Å²) in [5, 5.41) is 9.69. The first-order valence-electron chi connectivity index (χ1n) is 11.6. The number of hydrogen-bond acceptors (Lipinski definition) is 5. The summed E-state index contributed by atoms with van der Waals surface area (Å²) in [7, 11) is 1.66. The lowest BCUT2D eigenvalue weighted by Crippen LogP contribution is -2.19. The smallest absolute Gasteiger partial charge is 0.118 e. The van der Waals surface area contributed by atoms with Gasteiger partial charge in [0.25, 0.3) is 0 Å². The highest BCUT2D eigenvalue weighted by Gasteiger charge is 2.13. The van der Waals surface area contributed by atoms with Crippen LogP contribution in [0.3, 0.4) is 0 Å². The van der Waals surface area contributed by atoms with Crippen molar-refractivity contribution < 1.29 is 4.74 Å². The molecule has 0 atom stereocenters. The molecular formula is C29H34N4O. The molecule has 176 valence electrons. The van der Waals surface area contributed by atoms with Crippen molar-refractivity contribution in [2.24, 2.45) is 10.1 Å². The second kappa shape index (κ2) is 12.4. The SMILES string of the molecule is C=C1C=NN(C/C(=C/C(=C)c2ccc(NCCCC)cc2)OC)C=C1N=C(C)c1ccccc1. The Bertz CT molecular complexity index is 1110. The zero-order chi connectivity index (χ0) is 24.3. The molecule has 0 bridgehead atoms. The van der Waals surface area contributed by atoms with Gasteiger partial charge >= 0.3 is 0 Å². The molecule has 0 saturated carbocycles. The summed E-state index contributed by atoms with van der Waals surface area (Å²) in [5.74, 6) is 0.749. The Labute approximate surface area is 203 Å². The molecule has 34 heavy (non-hydrogen) atoms. The van der Waals surface area contributed by atoms with Crippen LogP contribution in [0.4, 0.5) is 5.69 Å². The molecule has 5 heteroatoms. The van der Waals surface area contributed by atoms with Crippen molar-refractivity contribution in [1.82, 2.24) is 5.01 Å². The Morgan fingerprint density at radius 1 is 1.12 bits per heavy atom. The Morgan fingerprint density at radius 2 is 1.85 bits per heavy atom. The highest BCUT2D eigenvalue weighted by molar-refractivity contribution is 6.00. The molecule has 1 aliphatic heterocycles. The summed E-state index contributed by atoms with van der Waals surface area (Å²) < 4.78 is 5.63. The standard InChI is InChI=1S/C29H34N4O/c1-6-7-17-30-27-15-13-25(14-16-27)22(2)18-28(34-5)20-33-21-29(23(3)19-31-33)32-24(4)26-11-9-8-10-12-26/h8-16,18-19,21,30H,2-3,6-7,17,20H2,1,4-5H3/b28-18-,32-24?. The Hall–Kier alpha value is -3.86. The minimum atomic E-state index is 0.458. The molecule has 0 amide bonds. The van der Waals surface area contributed by atoms with Gasteiger partial charge in [0, 0.05) is 23.5 Å². The fraction of sp³-hybridized carbons (Fsp3) is 0.241. The summed E-state index contributed by atoms with van der Waals surface area (Å²) >= 11 is 0. The van der Waals surface area contributed by atoms with E-state index in [0.29, 0.717) is 6.54 Å². The van der Waals surface area contributed by atoms with Crippen LogP contribution in [-0.2, 0) is 4.74 Å². The Balaban J connectivity index is 1.69. The van der Waals surface area contributed by atoms with Crippen LogP contribution >= 0.6 is 0 Å². The van der Waals surface area contributed by atoms with Crippen LogP contribution in [0.5, 0.6) is 0 Å². The summed E-state index contributed by atoms with van der Waals surface area (Å²) in [6.45, 7) is 13.9. The van der Waals surface area contributed by atoms with Crippen LogP contribution in [0.15, 0.2) is 107 Å². The maximum Gasteiger partial charge on any atom is 0.118 e. The number of rotatable bonds is 11. The molecule has 5 nitrogen and oxygen atoms in total. The van der Waals surface area contributed by atoms with E-state index in [9.17, 15) is 0 Å². The quantitative estimate of drug-likeness (QED) is 0.179. The molecule has 2 aromatic rings. The molecule has 1 heterocycles. The third-order valence-electron chi connectivity index (χ3n) is 5.47. The van der Waals surface area contributed by atoms with Gasteiger partial charge in [-0.2, -0.15) is 5.10 Å². The second-order valence-corrected chi connectivity index (χ2v) is 8.14. The Kier molecular flexibility index (Phi) is 9.04. The van der Waals surface area contributed by atoms with Gasteiger partial charge in [-0.05, 0) is 48.3 Å². The number of nitrogens with zero attached hydrogens (tertiary/aromatic N) is 3. The van der Waals surface area contributed by atoms with E-state index in [0.717, 1.165) is 58.1 Å². The van der Waals surface area contributed by atoms with Gasteiger partial charge in [-0.1, -0.05) is 69.0 Å². The van der Waals surface area contributed by atoms with E-state index in [-0.39, 0.29) is 0 Å². The highest BCUT2D eigenvalue weighted by Crippen LogP contribution is 2.21. The average molecular weight is 455 g/mol. The molecule has 2 aromatic carbocycles. The van der Waals surface area contributed by atoms with Crippen molar-refractivity contribution >= 4 is 23.2 Å². The molecular weight excluding hydrogens is 420 g/mol. The number of hydrogen-bond donors (Lipinski definition) is 1. The summed E-state index contributed by atoms with van der Waals surface area (Å²) in [5.41, 5.74) is 6.59. The fourth-order valence-electron chi connectivity index (χ4n) is 3.40. The number of benzene rings is 2. The molecule has 1 N–H and O–H groups in total. The van der Waals surface area contributed by atoms with Crippen molar-refractivity contribution in [1.29, 1.82) is 0 Å². The third kappa shape index (κ3) is 7.07. The third-order valence-corrected chi connectivity index (χ3v) is 5.47. The average Bonchev–Trinajstić information content (AvgIpc) is 2.86. The summed E-state index contributed by atoms with van der Waals surface area (Å²) in [6.07, 6.45) is 7.90. The minimum Gasteiger partial charge on any atom is -0.499 e. The largest absolute Gasteiger partial charge is 0.499 e. The molecule has 1 aliphatic rings. The van der Waals surface area contributed by atoms with Gasteiger partial charge < -0.3 is 10.1 Å². The lowest BCUT2D eigenvalue weighted by Gasteiger charge is -2.21. The van der Waals surface area contributed by atoms with Crippen LogP contribution in [0.25, 0.3) is 5.57 Å². The predicted octanol–water partition coefficient (Wildman–Crippen LogP) is 6.65. The van der Waals surface area contributed by atoms with Crippen molar-refractivity contribution in [3.63, 3.8) is 0 Å². The first-order valence-corrected chi connectivity index (χ1v) is 11.6. The van der Waals surface area contributed by atoms with Crippen LogP contribution in [0.2, 0.25) is 0 Å². The van der Waals surface area contributed by atoms with Crippen molar-refractivity contribution in [2.45, 2.75) is 26.7 Å². The second-order valence-electron chi connectivity index (χ2n) is 8.14. The highest BCUT2D eigenvalue weighted by atomic mass is 16.5. The summed E-state index contributed by atoms with van der Waals surface area (Å²) in [6, 6.07) is 18.4. The first kappa shape index (κ1) is 24.8. The molecule has 0 saturated heterocycles. The first-order chi connectivity index (χ1) is 16.5. The van der Waals surface area contributed by atoms with Crippen LogP contribution < -0.4 is 5.32 Å². The number of unbranched alkanes of at least 4 members (excludes halogenated alkanes) is 1. The van der Waals surface area contributed by atoms with Crippen molar-refractivity contribution in [3.05, 3.63) is 108 Å². The molecule has 0 aromatic heterocycles. The van der Waals surface area contributed by atoms with Gasteiger partial charge in [0.05, 0.1) is 31.8 Å². The topological polar surface area (TPSA) is 49.2 Å². The van der Waals surface area contributed by atoms with E-state index < -0.39 is 0 Å². The van der Waals surface area contributed by atoms with Crippen LogP contribution in [-0.4, -0.2) is 37.1 Å². The molecule has 0 aliphatic carbocycles. The van der Waals surface area contributed by atoms with E-state index in [1.165, 1.54) is 6.42 Å². The zero-order valence-corrected chi connectivity index (χ0v) is 20.4. The Morgan fingerprint density at radius 3 is 2.53 bits per heavy atom. The lowest BCUT2D eigenvalue weighted by atomic mass is 10.1. The number of aliphatic imine (C=N–C) groups is 1. The van der Waals surface area contributed by atoms with Gasteiger partial charge in [0.15, 0.2) is 0 Å². The van der Waals surface area contributed by atoms with Crippen LogP contribution in [0, 0.1) is 0 Å². The van der Waals surface area contributed by atoms with E-state index in [4.69, 9.17) is 9.73 Å². The number of nitrogens with one attached hydrogen (secondary N) is 1. The number of hydrazone groups is 1. The van der Waals surface area contributed by atoms with E-state index in [1.54, 1.807) is 18.3 Å². The maximum atomic E-state index is 5.63. The predicted molar refractivity (Wildman–Crippen MR) is 145 cm³/mol.